The second-order valence-corrected chi connectivity index (χ2v) is 3.17. The van der Waals surface area contributed by atoms with Crippen LogP contribution in [0.3, 0.4) is 0 Å². The van der Waals surface area contributed by atoms with E-state index < -0.39 is 36.2 Å². The average Bonchev–Trinajstić information content (AvgIpc) is 2.15. The molecule has 0 radical (unpaired) electrons. The molecule has 4 atom stereocenters. The van der Waals surface area contributed by atoms with Crippen LogP contribution in [0.4, 0.5) is 0 Å². The van der Waals surface area contributed by atoms with Gasteiger partial charge in [-0.2, -0.15) is 0 Å². The Morgan fingerprint density at radius 3 is 1.11 bits per heavy atom. The Bertz CT molecular complexity index is 213. The average molecular weight is 294 g/mol. The quantitative estimate of drug-likeness (QED) is 0.366. The third kappa shape index (κ3) is 14.1. The van der Waals surface area contributed by atoms with E-state index in [9.17, 15) is 19.8 Å². The van der Waals surface area contributed by atoms with Crippen molar-refractivity contribution in [3.63, 3.8) is 0 Å². The van der Waals surface area contributed by atoms with Crippen LogP contribution in [0.25, 0.3) is 0 Å². The molecule has 0 aromatic heterocycles. The Balaban J connectivity index is -0.0000000980. The van der Waals surface area contributed by atoms with Crippen molar-refractivity contribution in [3.05, 3.63) is 0 Å². The molecule has 0 saturated carbocycles. The second-order valence-electron chi connectivity index (χ2n) is 3.17. The first-order valence-corrected chi connectivity index (χ1v) is 4.40. The first-order valence-electron chi connectivity index (χ1n) is 4.40. The zero-order chi connectivity index (χ0) is 13.5. The fraction of sp³-hybridized carbons (Fsp3) is 0.750. The smallest absolute Gasteiger partial charge is 0.548 e. The van der Waals surface area contributed by atoms with Crippen molar-refractivity contribution in [2.45, 2.75) is 38.1 Å². The van der Waals surface area contributed by atoms with Crippen LogP contribution in [0.1, 0.15) is 13.8 Å². The summed E-state index contributed by atoms with van der Waals surface area (Å²) in [5.74, 6) is -2.86. The van der Waals surface area contributed by atoms with Gasteiger partial charge in [-0.25, -0.2) is 0 Å². The van der Waals surface area contributed by atoms with E-state index in [1.165, 1.54) is 13.8 Å². The monoisotopic (exact) mass is 294 g/mol. The van der Waals surface area contributed by atoms with Gasteiger partial charge in [0.2, 0.25) is 0 Å². The number of carboxylic acids is 2. The third-order valence-electron chi connectivity index (χ3n) is 1.58. The number of carbonyl (C=O) groups excluding carboxylic acids is 2. The standard InChI is InChI=1S/2C4H9NO3.Ca.H2O/c2*1-2(6)3(5)4(7)8;;/h2*2-3,6H,5H2,1H3,(H,7,8);;1H2/q;;+2;/p-2/t2*2-,3+;;/m11../s1. The van der Waals surface area contributed by atoms with Crippen molar-refractivity contribution < 1.29 is 35.5 Å². The molecule has 0 unspecified atom stereocenters. The van der Waals surface area contributed by atoms with Crippen LogP contribution in [0.5, 0.6) is 0 Å². The van der Waals surface area contributed by atoms with E-state index in [2.05, 4.69) is 0 Å². The molecule has 0 aliphatic rings. The van der Waals surface area contributed by atoms with Crippen molar-refractivity contribution in [1.29, 1.82) is 0 Å². The van der Waals surface area contributed by atoms with E-state index in [0.29, 0.717) is 0 Å². The van der Waals surface area contributed by atoms with Gasteiger partial charge in [-0.1, -0.05) is 0 Å². The van der Waals surface area contributed by atoms with Crippen molar-refractivity contribution in [1.82, 2.24) is 0 Å². The maximum Gasteiger partial charge on any atom is 2.00 e. The summed E-state index contributed by atoms with van der Waals surface area (Å²) in [5.41, 5.74) is 9.69. The fourth-order valence-corrected chi connectivity index (χ4v) is 0.394. The molecular weight excluding hydrogens is 276 g/mol. The number of carbonyl (C=O) groups is 2. The zero-order valence-corrected chi connectivity index (χ0v) is 12.4. The van der Waals surface area contributed by atoms with Gasteiger partial charge in [-0.3, -0.25) is 0 Å². The zero-order valence-electron chi connectivity index (χ0n) is 10.2. The van der Waals surface area contributed by atoms with Gasteiger partial charge >= 0.3 is 37.7 Å². The summed E-state index contributed by atoms with van der Waals surface area (Å²) in [6, 6.07) is -2.54. The summed E-state index contributed by atoms with van der Waals surface area (Å²) in [6.45, 7) is 2.58. The van der Waals surface area contributed by atoms with Crippen LogP contribution in [0, 0.1) is 0 Å². The normalized spacial score (nSPS) is 15.4. The molecule has 8 N–H and O–H groups in total. The predicted molar refractivity (Wildman–Crippen MR) is 58.7 cm³/mol. The van der Waals surface area contributed by atoms with Gasteiger partial charge in [0.1, 0.15) is 0 Å². The van der Waals surface area contributed by atoms with Gasteiger partial charge in [0, 0.05) is 0 Å². The van der Waals surface area contributed by atoms with Crippen molar-refractivity contribution in [2.24, 2.45) is 11.5 Å². The number of aliphatic hydroxyl groups excluding tert-OH is 2. The van der Waals surface area contributed by atoms with Crippen molar-refractivity contribution >= 4 is 49.7 Å². The first kappa shape index (κ1) is 26.5. The van der Waals surface area contributed by atoms with E-state index >= 15 is 0 Å². The molecule has 18 heavy (non-hydrogen) atoms. The number of hydrogen-bond donors (Lipinski definition) is 4. The van der Waals surface area contributed by atoms with Crippen LogP contribution >= 0.6 is 0 Å². The van der Waals surface area contributed by atoms with E-state index in [1.54, 1.807) is 0 Å². The Morgan fingerprint density at radius 2 is 1.11 bits per heavy atom. The van der Waals surface area contributed by atoms with Crippen LogP contribution in [-0.2, 0) is 9.59 Å². The Kier molecular flexibility index (Phi) is 19.8. The Labute approximate surface area is 134 Å². The van der Waals surface area contributed by atoms with Crippen molar-refractivity contribution in [2.75, 3.05) is 0 Å². The molecule has 0 aromatic carbocycles. The SMILES string of the molecule is C[C@@H](O)[C@H](N)C(=O)[O-].C[C@@H](O)[C@H](N)C(=O)[O-].O.[Ca+2]. The maximum atomic E-state index is 9.74. The molecule has 0 saturated heterocycles. The van der Waals surface area contributed by atoms with Gasteiger partial charge in [-0.15, -0.1) is 0 Å². The van der Waals surface area contributed by atoms with Gasteiger partial charge in [0.15, 0.2) is 0 Å². The van der Waals surface area contributed by atoms with E-state index in [-0.39, 0.29) is 43.2 Å². The number of carboxylic acid groups (broad SMARTS) is 2. The van der Waals surface area contributed by atoms with Crippen LogP contribution < -0.4 is 21.7 Å². The molecule has 0 aromatic rings. The number of nitrogens with two attached hydrogens (primary N) is 2. The largest absolute Gasteiger partial charge is 2.00 e. The number of rotatable bonds is 4. The summed E-state index contributed by atoms with van der Waals surface area (Å²) in [5, 5.41) is 36.4. The van der Waals surface area contributed by atoms with E-state index in [4.69, 9.17) is 21.7 Å². The van der Waals surface area contributed by atoms with Crippen LogP contribution in [-0.4, -0.2) is 89.7 Å². The molecule has 0 aliphatic heterocycles. The molecule has 0 bridgehead atoms. The maximum absolute atomic E-state index is 9.74. The van der Waals surface area contributed by atoms with Crippen molar-refractivity contribution in [3.8, 4) is 0 Å². The molecular formula is C8H18CaN2O7. The van der Waals surface area contributed by atoms with E-state index in [1.807, 2.05) is 0 Å². The first-order chi connectivity index (χ1) is 7.11. The third-order valence-corrected chi connectivity index (χ3v) is 1.58. The van der Waals surface area contributed by atoms with Gasteiger partial charge in [0.05, 0.1) is 36.2 Å². The fourth-order valence-electron chi connectivity index (χ4n) is 0.394. The van der Waals surface area contributed by atoms with Gasteiger partial charge in [0.25, 0.3) is 0 Å². The topological polar surface area (TPSA) is 204 Å². The Morgan fingerprint density at radius 1 is 0.944 bits per heavy atom. The Hall–Kier alpha value is -0.000260. The molecule has 0 fully saturated rings. The minimum atomic E-state index is -1.43. The van der Waals surface area contributed by atoms with E-state index in [0.717, 1.165) is 0 Å². The molecule has 0 heterocycles. The van der Waals surface area contributed by atoms with Gasteiger partial charge < -0.3 is 47.0 Å². The summed E-state index contributed by atoms with van der Waals surface area (Å²) in [4.78, 5) is 19.5. The number of aliphatic hydroxyl groups is 2. The number of hydrogen-bond acceptors (Lipinski definition) is 8. The summed E-state index contributed by atoms with van der Waals surface area (Å²) >= 11 is 0. The summed E-state index contributed by atoms with van der Waals surface area (Å²) in [7, 11) is 0. The van der Waals surface area contributed by atoms with Gasteiger partial charge in [-0.05, 0) is 13.8 Å². The molecule has 10 heteroatoms. The predicted octanol–water partition coefficient (Wildman–Crippen LogP) is -6.32. The minimum absolute atomic E-state index is 0. The summed E-state index contributed by atoms with van der Waals surface area (Å²) in [6.07, 6.45) is -2.08. The minimum Gasteiger partial charge on any atom is -0.548 e. The number of aliphatic carboxylic acids is 2. The molecule has 0 aliphatic carbocycles. The van der Waals surface area contributed by atoms with Crippen LogP contribution in [0.2, 0.25) is 0 Å². The molecule has 0 rings (SSSR count). The molecule has 104 valence electrons. The second kappa shape index (κ2) is 13.4. The molecule has 0 amide bonds. The summed E-state index contributed by atoms with van der Waals surface area (Å²) < 4.78 is 0. The van der Waals surface area contributed by atoms with Crippen LogP contribution in [0.15, 0.2) is 0 Å². The molecule has 0 spiro atoms. The molecule has 9 nitrogen and oxygen atoms in total.